The van der Waals surface area contributed by atoms with Crippen molar-refractivity contribution < 1.29 is 13.2 Å². The summed E-state index contributed by atoms with van der Waals surface area (Å²) in [5.41, 5.74) is 5.84. The highest BCUT2D eigenvalue weighted by atomic mass is 35.5. The second-order valence-electron chi connectivity index (χ2n) is 4.58. The molecule has 1 aromatic heterocycles. The van der Waals surface area contributed by atoms with E-state index < -0.39 is 15.2 Å². The predicted octanol–water partition coefficient (Wildman–Crippen LogP) is 1.27. The maximum atomic E-state index is 12.6. The van der Waals surface area contributed by atoms with Crippen molar-refractivity contribution >= 4 is 44.9 Å². The number of hydrogen-bond acceptors (Lipinski definition) is 6. The van der Waals surface area contributed by atoms with Crippen molar-refractivity contribution in [2.24, 2.45) is 0 Å². The van der Waals surface area contributed by atoms with Crippen LogP contribution in [0.15, 0.2) is 12.1 Å². The molecule has 6 nitrogen and oxygen atoms in total. The number of amides is 1. The standard InChI is InChI=1S/C12H16ClN3O3S2/c1-2-21(18,19)11-7-20-4-3-16(11)12(17)8-5-9(13)15-10(14)6-8/h5-6,11H,2-4,7H2,1H3,(H2,14,15). The number of rotatable bonds is 3. The lowest BCUT2D eigenvalue weighted by molar-refractivity contribution is 0.0749. The van der Waals surface area contributed by atoms with Crippen LogP contribution in [0.25, 0.3) is 0 Å². The third-order valence-electron chi connectivity index (χ3n) is 3.22. The van der Waals surface area contributed by atoms with E-state index in [-0.39, 0.29) is 28.2 Å². The molecule has 1 aromatic rings. The molecule has 1 unspecified atom stereocenters. The Bertz CT molecular complexity index is 631. The zero-order valence-electron chi connectivity index (χ0n) is 11.5. The molecule has 2 N–H and O–H groups in total. The molecular weight excluding hydrogens is 334 g/mol. The van der Waals surface area contributed by atoms with Gasteiger partial charge in [0.05, 0.1) is 0 Å². The number of thioether (sulfide) groups is 1. The Morgan fingerprint density at radius 1 is 1.57 bits per heavy atom. The van der Waals surface area contributed by atoms with Gasteiger partial charge in [-0.25, -0.2) is 13.4 Å². The van der Waals surface area contributed by atoms with Gasteiger partial charge in [0.2, 0.25) is 0 Å². The lowest BCUT2D eigenvalue weighted by Crippen LogP contribution is -2.50. The minimum atomic E-state index is -3.34. The monoisotopic (exact) mass is 349 g/mol. The van der Waals surface area contributed by atoms with E-state index in [0.717, 1.165) is 0 Å². The summed E-state index contributed by atoms with van der Waals surface area (Å²) < 4.78 is 24.3. The van der Waals surface area contributed by atoms with Gasteiger partial charge in [0.1, 0.15) is 16.3 Å². The Morgan fingerprint density at radius 3 is 2.90 bits per heavy atom. The van der Waals surface area contributed by atoms with Gasteiger partial charge in [-0.3, -0.25) is 4.79 Å². The van der Waals surface area contributed by atoms with Crippen LogP contribution in [0.4, 0.5) is 5.82 Å². The van der Waals surface area contributed by atoms with E-state index in [9.17, 15) is 13.2 Å². The minimum Gasteiger partial charge on any atom is -0.384 e. The first-order chi connectivity index (χ1) is 9.85. The maximum absolute atomic E-state index is 12.6. The van der Waals surface area contributed by atoms with E-state index >= 15 is 0 Å². The SMILES string of the molecule is CCS(=O)(=O)C1CSCCN1C(=O)c1cc(N)nc(Cl)c1. The lowest BCUT2D eigenvalue weighted by Gasteiger charge is -2.34. The van der Waals surface area contributed by atoms with Gasteiger partial charge in [-0.1, -0.05) is 18.5 Å². The summed E-state index contributed by atoms with van der Waals surface area (Å²) >= 11 is 7.33. The van der Waals surface area contributed by atoms with Crippen LogP contribution in [0.1, 0.15) is 17.3 Å². The molecular formula is C12H16ClN3O3S2. The van der Waals surface area contributed by atoms with Crippen LogP contribution >= 0.6 is 23.4 Å². The van der Waals surface area contributed by atoms with Crippen molar-refractivity contribution in [2.45, 2.75) is 12.3 Å². The van der Waals surface area contributed by atoms with E-state index in [1.54, 1.807) is 6.92 Å². The second-order valence-corrected chi connectivity index (χ2v) is 8.57. The van der Waals surface area contributed by atoms with Crippen LogP contribution in [-0.4, -0.2) is 53.4 Å². The fraction of sp³-hybridized carbons (Fsp3) is 0.500. The van der Waals surface area contributed by atoms with Crippen LogP contribution in [0.3, 0.4) is 0 Å². The molecule has 0 aromatic carbocycles. The number of nitrogens with two attached hydrogens (primary N) is 1. The van der Waals surface area contributed by atoms with Crippen molar-refractivity contribution in [3.63, 3.8) is 0 Å². The highest BCUT2D eigenvalue weighted by Crippen LogP contribution is 2.24. The molecule has 116 valence electrons. The van der Waals surface area contributed by atoms with Gasteiger partial charge in [-0.2, -0.15) is 11.8 Å². The first-order valence-electron chi connectivity index (χ1n) is 6.38. The molecule has 1 aliphatic rings. The summed E-state index contributed by atoms with van der Waals surface area (Å²) in [6, 6.07) is 2.81. The Hall–Kier alpha value is -0.990. The Balaban J connectivity index is 2.35. The largest absolute Gasteiger partial charge is 0.384 e. The summed E-state index contributed by atoms with van der Waals surface area (Å²) in [4.78, 5) is 17.8. The van der Waals surface area contributed by atoms with Crippen molar-refractivity contribution in [1.29, 1.82) is 0 Å². The lowest BCUT2D eigenvalue weighted by atomic mass is 10.2. The molecule has 21 heavy (non-hydrogen) atoms. The minimum absolute atomic E-state index is 0.00124. The fourth-order valence-corrected chi connectivity index (χ4v) is 5.29. The van der Waals surface area contributed by atoms with E-state index in [4.69, 9.17) is 17.3 Å². The van der Waals surface area contributed by atoms with Crippen molar-refractivity contribution in [1.82, 2.24) is 9.88 Å². The molecule has 1 amide bonds. The molecule has 0 spiro atoms. The smallest absolute Gasteiger partial charge is 0.255 e. The molecule has 0 saturated carbocycles. The maximum Gasteiger partial charge on any atom is 0.255 e. The quantitative estimate of drug-likeness (QED) is 0.826. The number of pyridine rings is 1. The zero-order valence-corrected chi connectivity index (χ0v) is 13.8. The number of sulfone groups is 1. The van der Waals surface area contributed by atoms with Crippen LogP contribution in [0, 0.1) is 0 Å². The first kappa shape index (κ1) is 16.4. The summed E-state index contributed by atoms with van der Waals surface area (Å²) in [5, 5.41) is -0.693. The molecule has 2 heterocycles. The first-order valence-corrected chi connectivity index (χ1v) is 9.63. The van der Waals surface area contributed by atoms with E-state index in [1.165, 1.54) is 28.8 Å². The number of halogens is 1. The molecule has 9 heteroatoms. The summed E-state index contributed by atoms with van der Waals surface area (Å²) in [7, 11) is -3.34. The van der Waals surface area contributed by atoms with Gasteiger partial charge in [0.25, 0.3) is 5.91 Å². The highest BCUT2D eigenvalue weighted by molar-refractivity contribution is 8.01. The van der Waals surface area contributed by atoms with E-state index in [1.807, 2.05) is 0 Å². The summed E-state index contributed by atoms with van der Waals surface area (Å²) in [5.74, 6) is 0.841. The average Bonchev–Trinajstić information content (AvgIpc) is 2.45. The van der Waals surface area contributed by atoms with Gasteiger partial charge in [0, 0.05) is 29.4 Å². The van der Waals surface area contributed by atoms with Crippen LogP contribution < -0.4 is 5.73 Å². The number of anilines is 1. The number of nitrogen functional groups attached to an aromatic ring is 1. The van der Waals surface area contributed by atoms with Crippen molar-refractivity contribution in [2.75, 3.05) is 29.5 Å². The van der Waals surface area contributed by atoms with Crippen molar-refractivity contribution in [3.05, 3.63) is 22.8 Å². The van der Waals surface area contributed by atoms with Crippen LogP contribution in [0.5, 0.6) is 0 Å². The summed E-state index contributed by atoms with van der Waals surface area (Å²) in [6.45, 7) is 1.96. The van der Waals surface area contributed by atoms with Crippen LogP contribution in [0.2, 0.25) is 5.15 Å². The molecule has 0 bridgehead atoms. The van der Waals surface area contributed by atoms with E-state index in [2.05, 4.69) is 4.98 Å². The predicted molar refractivity (Wildman–Crippen MR) is 85.3 cm³/mol. The normalized spacial score (nSPS) is 19.5. The third kappa shape index (κ3) is 3.61. The molecule has 1 saturated heterocycles. The van der Waals surface area contributed by atoms with Gasteiger partial charge in [0.15, 0.2) is 9.84 Å². The summed E-state index contributed by atoms with van der Waals surface area (Å²) in [6.07, 6.45) is 0. The number of carbonyl (C=O) groups is 1. The van der Waals surface area contributed by atoms with Crippen molar-refractivity contribution in [3.8, 4) is 0 Å². The topological polar surface area (TPSA) is 93.4 Å². The second kappa shape index (κ2) is 6.41. The molecule has 0 aliphatic carbocycles. The number of nitrogens with zero attached hydrogens (tertiary/aromatic N) is 2. The Kier molecular flexibility index (Phi) is 5.00. The Morgan fingerprint density at radius 2 is 2.29 bits per heavy atom. The van der Waals surface area contributed by atoms with Gasteiger partial charge in [-0.05, 0) is 12.1 Å². The number of aromatic nitrogens is 1. The highest BCUT2D eigenvalue weighted by Gasteiger charge is 2.36. The van der Waals surface area contributed by atoms with Gasteiger partial charge < -0.3 is 10.6 Å². The van der Waals surface area contributed by atoms with Gasteiger partial charge in [-0.15, -0.1) is 0 Å². The molecule has 1 fully saturated rings. The third-order valence-corrected chi connectivity index (χ3v) is 6.71. The van der Waals surface area contributed by atoms with E-state index in [0.29, 0.717) is 18.1 Å². The fourth-order valence-electron chi connectivity index (χ4n) is 2.11. The van der Waals surface area contributed by atoms with Crippen LogP contribution in [-0.2, 0) is 9.84 Å². The molecule has 0 radical (unpaired) electrons. The average molecular weight is 350 g/mol. The van der Waals surface area contributed by atoms with Gasteiger partial charge >= 0.3 is 0 Å². The zero-order chi connectivity index (χ0) is 15.6. The molecule has 1 atom stereocenters. The molecule has 1 aliphatic heterocycles. The molecule has 2 rings (SSSR count). The number of hydrogen-bond donors (Lipinski definition) is 1. The number of carbonyl (C=O) groups excluding carboxylic acids is 1. The Labute approximate surface area is 133 Å².